The summed E-state index contributed by atoms with van der Waals surface area (Å²) in [7, 11) is 0. The van der Waals surface area contributed by atoms with Crippen LogP contribution >= 0.6 is 0 Å². The third kappa shape index (κ3) is 5.48. The van der Waals surface area contributed by atoms with Crippen LogP contribution in [0.3, 0.4) is 0 Å². The molecule has 176 valence electrons. The minimum absolute atomic E-state index is 0.443. The lowest BCUT2D eigenvalue weighted by Gasteiger charge is -2.37. The number of nitrogens with one attached hydrogen (secondary N) is 2. The van der Waals surface area contributed by atoms with E-state index >= 15 is 0 Å². The Morgan fingerprint density at radius 3 is 2.59 bits per heavy atom. The molecule has 1 amide bonds. The van der Waals surface area contributed by atoms with Crippen LogP contribution in [0.25, 0.3) is 10.9 Å². The molecule has 3 aromatic rings. The number of carbonyl (C=O) groups excluding carboxylic acids is 1. The van der Waals surface area contributed by atoms with E-state index in [-0.39, 0.29) is 0 Å². The number of aliphatic carboxylic acids is 2. The topological polar surface area (TPSA) is 139 Å². The molecular weight excluding hydrogens is 438 g/mol. The molecule has 0 unspecified atom stereocenters. The average Bonchev–Trinajstić information content (AvgIpc) is 3.22. The molecule has 0 aliphatic carbocycles. The molecule has 10 nitrogen and oxygen atoms in total. The number of hydrogen-bond acceptors (Lipinski definition) is 6. The zero-order valence-corrected chi connectivity index (χ0v) is 18.3. The first-order valence-electron chi connectivity index (χ1n) is 10.8. The summed E-state index contributed by atoms with van der Waals surface area (Å²) in [6, 6.07) is 8.21. The Balaban J connectivity index is 1.50. The lowest BCUT2D eigenvalue weighted by molar-refractivity contribution is -0.144. The normalized spacial score (nSPS) is 16.0. The zero-order valence-electron chi connectivity index (χ0n) is 18.3. The SMILES string of the molecule is O=C(O)/C=C/C(=O)Nc1ccc2[nH]cc([C@@H](C(=O)O)N3CCN(Cc4cccnc4)CC3)c2c1. The van der Waals surface area contributed by atoms with Gasteiger partial charge in [0.2, 0.25) is 5.91 Å². The maximum absolute atomic E-state index is 12.3. The highest BCUT2D eigenvalue weighted by molar-refractivity contribution is 6.03. The minimum Gasteiger partial charge on any atom is -0.480 e. The van der Waals surface area contributed by atoms with Gasteiger partial charge >= 0.3 is 11.9 Å². The van der Waals surface area contributed by atoms with Crippen molar-refractivity contribution in [3.63, 3.8) is 0 Å². The van der Waals surface area contributed by atoms with E-state index in [1.807, 2.05) is 23.2 Å². The second kappa shape index (κ2) is 10.3. The van der Waals surface area contributed by atoms with E-state index in [4.69, 9.17) is 5.11 Å². The van der Waals surface area contributed by atoms with Crippen molar-refractivity contribution in [2.45, 2.75) is 12.6 Å². The van der Waals surface area contributed by atoms with E-state index in [1.54, 1.807) is 30.6 Å². The van der Waals surface area contributed by atoms with Crippen LogP contribution in [0.5, 0.6) is 0 Å². The van der Waals surface area contributed by atoms with Crippen molar-refractivity contribution in [2.75, 3.05) is 31.5 Å². The molecule has 4 N–H and O–H groups in total. The fourth-order valence-corrected chi connectivity index (χ4v) is 4.19. The van der Waals surface area contributed by atoms with Crippen molar-refractivity contribution in [1.82, 2.24) is 19.8 Å². The molecule has 1 fully saturated rings. The Hall–Kier alpha value is -4.02. The van der Waals surface area contributed by atoms with Gasteiger partial charge in [-0.05, 0) is 29.8 Å². The number of pyridine rings is 1. The van der Waals surface area contributed by atoms with E-state index in [1.165, 1.54) is 0 Å². The Morgan fingerprint density at radius 2 is 1.91 bits per heavy atom. The highest BCUT2D eigenvalue weighted by Crippen LogP contribution is 2.31. The van der Waals surface area contributed by atoms with Crippen LogP contribution in [0, 0.1) is 0 Å². The summed E-state index contributed by atoms with van der Waals surface area (Å²) in [6.45, 7) is 3.43. The van der Waals surface area contributed by atoms with Gasteiger partial charge in [-0.15, -0.1) is 0 Å². The number of nitrogens with zero attached hydrogens (tertiary/aromatic N) is 3. The predicted octanol–water partition coefficient (Wildman–Crippen LogP) is 2.09. The summed E-state index contributed by atoms with van der Waals surface area (Å²) in [5.74, 6) is -2.75. The molecule has 0 bridgehead atoms. The van der Waals surface area contributed by atoms with Gasteiger partial charge in [0.05, 0.1) is 0 Å². The Labute approximate surface area is 195 Å². The van der Waals surface area contributed by atoms with Crippen LogP contribution in [-0.2, 0) is 20.9 Å². The summed E-state index contributed by atoms with van der Waals surface area (Å²) in [5, 5.41) is 22.0. The second-order valence-electron chi connectivity index (χ2n) is 8.08. The molecule has 1 aliphatic heterocycles. The first kappa shape index (κ1) is 23.1. The summed E-state index contributed by atoms with van der Waals surface area (Å²) in [6.07, 6.45) is 6.96. The number of carboxylic acid groups (broad SMARTS) is 2. The number of aromatic amines is 1. The first-order valence-corrected chi connectivity index (χ1v) is 10.8. The third-order valence-corrected chi connectivity index (χ3v) is 5.79. The summed E-state index contributed by atoms with van der Waals surface area (Å²) >= 11 is 0. The molecule has 1 aromatic carbocycles. The van der Waals surface area contributed by atoms with Crippen molar-refractivity contribution in [2.24, 2.45) is 0 Å². The molecule has 1 atom stereocenters. The van der Waals surface area contributed by atoms with Crippen LogP contribution < -0.4 is 5.32 Å². The molecular formula is C24H25N5O5. The van der Waals surface area contributed by atoms with Gasteiger partial charge < -0.3 is 20.5 Å². The molecule has 3 heterocycles. The molecule has 0 saturated carbocycles. The van der Waals surface area contributed by atoms with Gasteiger partial charge in [-0.25, -0.2) is 4.79 Å². The van der Waals surface area contributed by atoms with E-state index in [2.05, 4.69) is 20.2 Å². The van der Waals surface area contributed by atoms with Gasteiger partial charge in [0, 0.05) is 85.6 Å². The van der Waals surface area contributed by atoms with Crippen LogP contribution in [-0.4, -0.2) is 74.0 Å². The molecule has 4 rings (SSSR count). The first-order chi connectivity index (χ1) is 16.4. The number of hydrogen-bond donors (Lipinski definition) is 4. The van der Waals surface area contributed by atoms with E-state index in [0.717, 1.165) is 42.9 Å². The maximum atomic E-state index is 12.3. The number of rotatable bonds is 8. The van der Waals surface area contributed by atoms with Gasteiger partial charge in [0.1, 0.15) is 6.04 Å². The number of piperazine rings is 1. The molecule has 0 radical (unpaired) electrons. The number of benzene rings is 1. The third-order valence-electron chi connectivity index (χ3n) is 5.79. The maximum Gasteiger partial charge on any atom is 0.328 e. The van der Waals surface area contributed by atoms with Crippen molar-refractivity contribution in [3.8, 4) is 0 Å². The van der Waals surface area contributed by atoms with Crippen molar-refractivity contribution in [1.29, 1.82) is 0 Å². The summed E-state index contributed by atoms with van der Waals surface area (Å²) in [5.41, 5.74) is 2.92. The van der Waals surface area contributed by atoms with Crippen molar-refractivity contribution in [3.05, 3.63) is 72.2 Å². The van der Waals surface area contributed by atoms with Gasteiger partial charge in [0.25, 0.3) is 0 Å². The van der Waals surface area contributed by atoms with Crippen LogP contribution in [0.15, 0.2) is 61.1 Å². The van der Waals surface area contributed by atoms with Crippen molar-refractivity contribution >= 4 is 34.4 Å². The number of carboxylic acids is 2. The lowest BCUT2D eigenvalue weighted by atomic mass is 10.0. The Kier molecular flexibility index (Phi) is 7.00. The number of H-pyrrole nitrogens is 1. The Morgan fingerprint density at radius 1 is 1.12 bits per heavy atom. The van der Waals surface area contributed by atoms with Crippen LogP contribution in [0.2, 0.25) is 0 Å². The van der Waals surface area contributed by atoms with Crippen LogP contribution in [0.1, 0.15) is 17.2 Å². The number of carbonyl (C=O) groups is 3. The predicted molar refractivity (Wildman–Crippen MR) is 125 cm³/mol. The highest BCUT2D eigenvalue weighted by atomic mass is 16.4. The highest BCUT2D eigenvalue weighted by Gasteiger charge is 2.32. The quantitative estimate of drug-likeness (QED) is 0.373. The largest absolute Gasteiger partial charge is 0.480 e. The molecule has 0 spiro atoms. The molecule has 1 aliphatic rings. The average molecular weight is 463 g/mol. The van der Waals surface area contributed by atoms with E-state index < -0.39 is 23.9 Å². The number of aromatic nitrogens is 2. The fraction of sp³-hybridized carbons (Fsp3) is 0.250. The van der Waals surface area contributed by atoms with E-state index in [0.29, 0.717) is 29.7 Å². The smallest absolute Gasteiger partial charge is 0.328 e. The zero-order chi connectivity index (χ0) is 24.1. The molecule has 1 saturated heterocycles. The van der Waals surface area contributed by atoms with Gasteiger partial charge in [-0.2, -0.15) is 0 Å². The van der Waals surface area contributed by atoms with Gasteiger partial charge in [-0.1, -0.05) is 6.07 Å². The molecule has 2 aromatic heterocycles. The lowest BCUT2D eigenvalue weighted by Crippen LogP contribution is -2.48. The Bertz CT molecular complexity index is 1210. The van der Waals surface area contributed by atoms with Gasteiger partial charge in [-0.3, -0.25) is 24.4 Å². The van der Waals surface area contributed by atoms with E-state index in [9.17, 15) is 19.5 Å². The fourth-order valence-electron chi connectivity index (χ4n) is 4.19. The number of anilines is 1. The number of amides is 1. The summed E-state index contributed by atoms with van der Waals surface area (Å²) in [4.78, 5) is 46.4. The second-order valence-corrected chi connectivity index (χ2v) is 8.08. The number of fused-ring (bicyclic) bond motifs is 1. The summed E-state index contributed by atoms with van der Waals surface area (Å²) < 4.78 is 0. The van der Waals surface area contributed by atoms with Gasteiger partial charge in [0.15, 0.2) is 0 Å². The van der Waals surface area contributed by atoms with Crippen LogP contribution in [0.4, 0.5) is 5.69 Å². The monoisotopic (exact) mass is 463 g/mol. The minimum atomic E-state index is -1.22. The molecule has 34 heavy (non-hydrogen) atoms. The molecule has 10 heteroatoms. The van der Waals surface area contributed by atoms with Crippen molar-refractivity contribution < 1.29 is 24.6 Å². The standard InChI is InChI=1S/C24H25N5O5/c30-21(5-6-22(31)32)27-17-3-4-20-18(12-17)19(14-26-20)23(24(33)34)29-10-8-28(9-11-29)15-16-2-1-7-25-13-16/h1-7,12-14,23,26H,8-11,15H2,(H,27,30)(H,31,32)(H,33,34)/b6-5+/t23-/m0/s1.